The van der Waals surface area contributed by atoms with Crippen LogP contribution in [0.4, 0.5) is 4.39 Å². The molecule has 38 heavy (non-hydrogen) atoms. The minimum Gasteiger partial charge on any atom is -0.465 e. The number of ether oxygens (including phenoxy) is 5. The Kier molecular flexibility index (Phi) is 7.88. The van der Waals surface area contributed by atoms with Crippen molar-refractivity contribution in [2.24, 2.45) is 5.92 Å². The number of methoxy groups -OCH3 is 3. The van der Waals surface area contributed by atoms with Gasteiger partial charge in [0.25, 0.3) is 0 Å². The van der Waals surface area contributed by atoms with Crippen molar-refractivity contribution in [2.45, 2.75) is 25.0 Å². The molecule has 1 aliphatic heterocycles. The molecule has 0 spiro atoms. The largest absolute Gasteiger partial charge is 0.465 e. The molecule has 0 bridgehead atoms. The summed E-state index contributed by atoms with van der Waals surface area (Å²) in [6.45, 7) is 0.631. The number of esters is 1. The van der Waals surface area contributed by atoms with E-state index in [4.69, 9.17) is 23.7 Å². The number of halogens is 1. The van der Waals surface area contributed by atoms with Crippen LogP contribution in [-0.2, 0) is 23.7 Å². The summed E-state index contributed by atoms with van der Waals surface area (Å²) in [5, 5.41) is 0. The first-order valence-electron chi connectivity index (χ1n) is 12.6. The van der Waals surface area contributed by atoms with Gasteiger partial charge in [-0.25, -0.2) is 4.39 Å². The third-order valence-electron chi connectivity index (χ3n) is 7.23. The number of rotatable bonds is 9. The van der Waals surface area contributed by atoms with Gasteiger partial charge in [0.2, 0.25) is 0 Å². The molecule has 1 saturated heterocycles. The third-order valence-corrected chi connectivity index (χ3v) is 7.23. The Morgan fingerprint density at radius 2 is 1.89 bits per heavy atom. The number of carbonyl (C=O) groups excluding carboxylic acids is 1. The van der Waals surface area contributed by atoms with Crippen LogP contribution >= 0.6 is 0 Å². The van der Waals surface area contributed by atoms with Gasteiger partial charge in [0.05, 0.1) is 18.8 Å². The molecule has 1 fully saturated rings. The Bertz CT molecular complexity index is 1320. The number of hydrogen-bond acceptors (Lipinski definition) is 6. The topological polar surface area (TPSA) is 63.2 Å². The van der Waals surface area contributed by atoms with Crippen molar-refractivity contribution in [3.8, 4) is 5.75 Å². The highest BCUT2D eigenvalue weighted by Gasteiger charge is 2.39. The Morgan fingerprint density at radius 3 is 2.63 bits per heavy atom. The van der Waals surface area contributed by atoms with Crippen molar-refractivity contribution in [3.05, 3.63) is 106 Å². The molecule has 1 unspecified atom stereocenters. The molecule has 2 aliphatic carbocycles. The lowest BCUT2D eigenvalue weighted by molar-refractivity contribution is -0.141. The number of cyclic esters (lactones) is 1. The number of carbonyl (C=O) groups is 1. The number of allylic oxidation sites excluding steroid dienone is 6. The average Bonchev–Trinajstić information content (AvgIpc) is 3.30. The second-order valence-corrected chi connectivity index (χ2v) is 9.57. The zero-order chi connectivity index (χ0) is 26.6. The highest BCUT2D eigenvalue weighted by Crippen LogP contribution is 2.47. The van der Waals surface area contributed by atoms with Gasteiger partial charge >= 0.3 is 5.97 Å². The van der Waals surface area contributed by atoms with Crippen LogP contribution < -0.4 is 4.74 Å². The van der Waals surface area contributed by atoms with Crippen molar-refractivity contribution in [1.29, 1.82) is 0 Å². The highest BCUT2D eigenvalue weighted by atomic mass is 19.1. The van der Waals surface area contributed by atoms with Gasteiger partial charge in [-0.05, 0) is 58.4 Å². The monoisotopic (exact) mass is 518 g/mol. The van der Waals surface area contributed by atoms with E-state index in [0.717, 1.165) is 33.4 Å². The standard InChI is InChI=1S/C31H31FO6/c1-34-18-28(35-2)30(36-3)22-12-23(32)15-24(13-22)37-16-19-9-10-25-21(11-19)14-26-27(17-38-31(26)33)29(25)20-7-5-4-6-8-20/h4-10,12-13,15-16,26,28,30H,11,14,17-18H2,1-3H3/t26?,28-,30+/m1/s1. The molecule has 0 radical (unpaired) electrons. The van der Waals surface area contributed by atoms with E-state index in [9.17, 15) is 9.18 Å². The van der Waals surface area contributed by atoms with Crippen LogP contribution in [0.5, 0.6) is 5.75 Å². The SMILES string of the molecule is COC[C@@H](OC)[C@@H](OC)c1cc(F)cc(OC=C2C=CC3=C(C2)CC2C(=O)OCC2=C3c2ccccc2)c1. The fourth-order valence-electron chi connectivity index (χ4n) is 5.45. The van der Waals surface area contributed by atoms with E-state index < -0.39 is 18.0 Å². The lowest BCUT2D eigenvalue weighted by Gasteiger charge is -2.28. The van der Waals surface area contributed by atoms with Crippen molar-refractivity contribution < 1.29 is 32.9 Å². The second kappa shape index (κ2) is 11.5. The van der Waals surface area contributed by atoms with Crippen molar-refractivity contribution in [1.82, 2.24) is 0 Å². The van der Waals surface area contributed by atoms with Gasteiger partial charge in [0, 0.05) is 27.4 Å². The summed E-state index contributed by atoms with van der Waals surface area (Å²) in [6, 6.07) is 14.6. The van der Waals surface area contributed by atoms with E-state index >= 15 is 0 Å². The van der Waals surface area contributed by atoms with Gasteiger partial charge in [0.1, 0.15) is 30.4 Å². The summed E-state index contributed by atoms with van der Waals surface area (Å²) in [5.41, 5.74) is 7.03. The van der Waals surface area contributed by atoms with Crippen LogP contribution in [0.1, 0.15) is 30.1 Å². The quantitative estimate of drug-likeness (QED) is 0.312. The van der Waals surface area contributed by atoms with Crippen LogP contribution in [-0.4, -0.2) is 46.6 Å². The van der Waals surface area contributed by atoms with Crippen molar-refractivity contribution in [2.75, 3.05) is 34.5 Å². The van der Waals surface area contributed by atoms with Crippen LogP contribution in [0.3, 0.4) is 0 Å². The van der Waals surface area contributed by atoms with Crippen molar-refractivity contribution >= 4 is 11.5 Å². The van der Waals surface area contributed by atoms with E-state index in [1.54, 1.807) is 33.7 Å². The Balaban J connectivity index is 1.39. The van der Waals surface area contributed by atoms with E-state index in [-0.39, 0.29) is 11.9 Å². The van der Waals surface area contributed by atoms with Crippen LogP contribution in [0.25, 0.3) is 5.57 Å². The lowest BCUT2D eigenvalue weighted by Crippen LogP contribution is -2.27. The summed E-state index contributed by atoms with van der Waals surface area (Å²) in [6.07, 6.45) is 6.04. The molecule has 0 saturated carbocycles. The molecular formula is C31H31FO6. The summed E-state index contributed by atoms with van der Waals surface area (Å²) in [4.78, 5) is 12.5. The van der Waals surface area contributed by atoms with Gasteiger partial charge in [-0.2, -0.15) is 0 Å². The summed E-state index contributed by atoms with van der Waals surface area (Å²) in [5.74, 6) is -0.508. The first-order chi connectivity index (χ1) is 18.5. The molecule has 6 nitrogen and oxygen atoms in total. The zero-order valence-electron chi connectivity index (χ0n) is 21.7. The Hall–Kier alpha value is -3.52. The van der Waals surface area contributed by atoms with Gasteiger partial charge in [0.15, 0.2) is 0 Å². The fourth-order valence-corrected chi connectivity index (χ4v) is 5.45. The van der Waals surface area contributed by atoms with Crippen LogP contribution in [0, 0.1) is 11.7 Å². The first-order valence-corrected chi connectivity index (χ1v) is 12.6. The number of fused-ring (bicyclic) bond motifs is 1. The molecule has 198 valence electrons. The van der Waals surface area contributed by atoms with Crippen molar-refractivity contribution in [3.63, 3.8) is 0 Å². The van der Waals surface area contributed by atoms with Crippen LogP contribution in [0.2, 0.25) is 0 Å². The molecular weight excluding hydrogens is 487 g/mol. The summed E-state index contributed by atoms with van der Waals surface area (Å²) >= 11 is 0. The molecule has 7 heteroatoms. The van der Waals surface area contributed by atoms with Crippen LogP contribution in [0.15, 0.2) is 89.2 Å². The smallest absolute Gasteiger partial charge is 0.313 e. The van der Waals surface area contributed by atoms with Gasteiger partial charge in [-0.15, -0.1) is 0 Å². The fraction of sp³-hybridized carbons (Fsp3) is 0.323. The molecule has 1 heterocycles. The minimum atomic E-state index is -0.529. The third kappa shape index (κ3) is 5.23. The summed E-state index contributed by atoms with van der Waals surface area (Å²) in [7, 11) is 4.68. The van der Waals surface area contributed by atoms with E-state index in [2.05, 4.69) is 18.2 Å². The first kappa shape index (κ1) is 26.1. The number of hydrogen-bond donors (Lipinski definition) is 0. The molecule has 5 rings (SSSR count). The average molecular weight is 519 g/mol. The maximum atomic E-state index is 14.5. The predicted molar refractivity (Wildman–Crippen MR) is 141 cm³/mol. The molecule has 3 aliphatic rings. The Labute approximate surface area is 222 Å². The number of benzene rings is 2. The zero-order valence-corrected chi connectivity index (χ0v) is 21.7. The minimum absolute atomic E-state index is 0.167. The van der Waals surface area contributed by atoms with Gasteiger partial charge in [-0.3, -0.25) is 4.79 Å². The maximum absolute atomic E-state index is 14.5. The maximum Gasteiger partial charge on any atom is 0.313 e. The molecule has 2 aromatic rings. The molecule has 0 amide bonds. The summed E-state index contributed by atoms with van der Waals surface area (Å²) < 4.78 is 42.2. The van der Waals surface area contributed by atoms with Gasteiger partial charge in [-0.1, -0.05) is 48.1 Å². The second-order valence-electron chi connectivity index (χ2n) is 9.57. The highest BCUT2D eigenvalue weighted by molar-refractivity contribution is 5.94. The molecule has 3 atom stereocenters. The molecule has 2 aromatic carbocycles. The Morgan fingerprint density at radius 1 is 1.08 bits per heavy atom. The molecule has 0 N–H and O–H groups in total. The predicted octanol–water partition coefficient (Wildman–Crippen LogP) is 5.72. The lowest BCUT2D eigenvalue weighted by atomic mass is 9.74. The molecule has 0 aromatic heterocycles. The normalized spacial score (nSPS) is 21.3. The van der Waals surface area contributed by atoms with Gasteiger partial charge < -0.3 is 23.7 Å². The van der Waals surface area contributed by atoms with E-state index in [1.165, 1.54) is 12.1 Å². The van der Waals surface area contributed by atoms with E-state index in [0.29, 0.717) is 37.4 Å². The van der Waals surface area contributed by atoms with E-state index in [1.807, 2.05) is 24.3 Å².